The van der Waals surface area contributed by atoms with Gasteiger partial charge in [-0.05, 0) is 30.3 Å². The number of nitrogens with one attached hydrogen (secondary N) is 2. The number of methoxy groups -OCH3 is 2. The second-order valence-electron chi connectivity index (χ2n) is 6.74. The molecule has 1 amide bonds. The molecule has 146 valence electrons. The standard InChI is InChI=1S/C21H22ClN3O3/c1-27-16-7-8-17(20(11-16)28-2)19-4-3-9-25(19)13-21(26)24-18-10-15(22)6-5-14(18)12-23/h5-8,10-11,19H,3-4,9,13H2,1-2H3,(H,24,26)/p+1/t19-/m0/s1. The van der Waals surface area contributed by atoms with Crippen LogP contribution in [0.3, 0.4) is 0 Å². The number of hydrogen-bond acceptors (Lipinski definition) is 4. The molecule has 2 atom stereocenters. The number of anilines is 1. The van der Waals surface area contributed by atoms with Crippen molar-refractivity contribution in [2.75, 3.05) is 32.6 Å². The molecule has 1 saturated heterocycles. The van der Waals surface area contributed by atoms with Crippen LogP contribution in [0.25, 0.3) is 0 Å². The quantitative estimate of drug-likeness (QED) is 0.781. The Balaban J connectivity index is 1.75. The molecule has 6 nitrogen and oxygen atoms in total. The number of rotatable bonds is 6. The summed E-state index contributed by atoms with van der Waals surface area (Å²) in [5.74, 6) is 1.36. The summed E-state index contributed by atoms with van der Waals surface area (Å²) in [7, 11) is 3.26. The maximum atomic E-state index is 12.6. The van der Waals surface area contributed by atoms with Crippen molar-refractivity contribution >= 4 is 23.2 Å². The van der Waals surface area contributed by atoms with Gasteiger partial charge in [-0.3, -0.25) is 4.79 Å². The number of amides is 1. The highest BCUT2D eigenvalue weighted by Gasteiger charge is 2.33. The van der Waals surface area contributed by atoms with Crippen molar-refractivity contribution in [3.05, 3.63) is 52.5 Å². The van der Waals surface area contributed by atoms with Gasteiger partial charge in [0, 0.05) is 23.9 Å². The van der Waals surface area contributed by atoms with Gasteiger partial charge in [0.2, 0.25) is 0 Å². The molecule has 0 aliphatic carbocycles. The van der Waals surface area contributed by atoms with Crippen LogP contribution < -0.4 is 19.7 Å². The predicted molar refractivity (Wildman–Crippen MR) is 107 cm³/mol. The minimum Gasteiger partial charge on any atom is -0.497 e. The maximum absolute atomic E-state index is 12.6. The van der Waals surface area contributed by atoms with Crippen molar-refractivity contribution in [3.8, 4) is 17.6 Å². The number of halogens is 1. The number of nitriles is 1. The molecule has 1 aliphatic heterocycles. The lowest BCUT2D eigenvalue weighted by Crippen LogP contribution is -3.11. The zero-order valence-electron chi connectivity index (χ0n) is 15.9. The number of likely N-dealkylation sites (tertiary alicyclic amines) is 1. The molecule has 0 spiro atoms. The molecule has 0 radical (unpaired) electrons. The highest BCUT2D eigenvalue weighted by atomic mass is 35.5. The van der Waals surface area contributed by atoms with Gasteiger partial charge in [0.1, 0.15) is 23.6 Å². The Labute approximate surface area is 169 Å². The van der Waals surface area contributed by atoms with E-state index in [1.807, 2.05) is 18.2 Å². The Morgan fingerprint density at radius 1 is 1.29 bits per heavy atom. The van der Waals surface area contributed by atoms with Gasteiger partial charge in [0.25, 0.3) is 5.91 Å². The summed E-state index contributed by atoms with van der Waals surface area (Å²) < 4.78 is 10.8. The third-order valence-corrected chi connectivity index (χ3v) is 5.30. The highest BCUT2D eigenvalue weighted by Crippen LogP contribution is 2.31. The first-order chi connectivity index (χ1) is 13.5. The third-order valence-electron chi connectivity index (χ3n) is 5.06. The largest absolute Gasteiger partial charge is 0.497 e. The van der Waals surface area contributed by atoms with Crippen LogP contribution >= 0.6 is 11.6 Å². The smallest absolute Gasteiger partial charge is 0.279 e. The van der Waals surface area contributed by atoms with Gasteiger partial charge in [-0.2, -0.15) is 5.26 Å². The lowest BCUT2D eigenvalue weighted by Gasteiger charge is -2.23. The number of benzene rings is 2. The van der Waals surface area contributed by atoms with Crippen molar-refractivity contribution < 1.29 is 19.2 Å². The summed E-state index contributed by atoms with van der Waals surface area (Å²) in [6.07, 6.45) is 2.01. The van der Waals surface area contributed by atoms with Gasteiger partial charge in [-0.1, -0.05) is 11.6 Å². The molecule has 2 aromatic rings. The molecule has 1 heterocycles. The zero-order valence-corrected chi connectivity index (χ0v) is 16.7. The topological polar surface area (TPSA) is 75.8 Å². The minimum absolute atomic E-state index is 0.145. The first-order valence-electron chi connectivity index (χ1n) is 9.11. The van der Waals surface area contributed by atoms with Crippen LogP contribution in [-0.4, -0.2) is 33.2 Å². The van der Waals surface area contributed by atoms with Crippen molar-refractivity contribution in [1.29, 1.82) is 5.26 Å². The van der Waals surface area contributed by atoms with Gasteiger partial charge in [0.15, 0.2) is 6.54 Å². The third kappa shape index (κ3) is 4.38. The number of carbonyl (C=O) groups is 1. The van der Waals surface area contributed by atoms with Gasteiger partial charge in [-0.15, -0.1) is 0 Å². The molecule has 3 rings (SSSR count). The lowest BCUT2D eigenvalue weighted by atomic mass is 10.0. The summed E-state index contributed by atoms with van der Waals surface area (Å²) in [5, 5.41) is 12.5. The van der Waals surface area contributed by atoms with Crippen LogP contribution in [0.15, 0.2) is 36.4 Å². The fraction of sp³-hybridized carbons (Fsp3) is 0.333. The van der Waals surface area contributed by atoms with Crippen LogP contribution in [-0.2, 0) is 4.79 Å². The van der Waals surface area contributed by atoms with E-state index in [1.165, 1.54) is 4.90 Å². The van der Waals surface area contributed by atoms with Gasteiger partial charge in [0.05, 0.1) is 37.6 Å². The normalized spacial score (nSPS) is 18.4. The van der Waals surface area contributed by atoms with E-state index in [2.05, 4.69) is 11.4 Å². The Hall–Kier alpha value is -2.75. The fourth-order valence-electron chi connectivity index (χ4n) is 3.72. The van der Waals surface area contributed by atoms with Crippen LogP contribution in [0.4, 0.5) is 5.69 Å². The number of nitrogens with zero attached hydrogens (tertiary/aromatic N) is 1. The van der Waals surface area contributed by atoms with E-state index in [1.54, 1.807) is 32.4 Å². The van der Waals surface area contributed by atoms with E-state index in [9.17, 15) is 10.1 Å². The Morgan fingerprint density at radius 2 is 2.11 bits per heavy atom. The van der Waals surface area contributed by atoms with Crippen molar-refractivity contribution in [3.63, 3.8) is 0 Å². The summed E-state index contributed by atoms with van der Waals surface area (Å²) in [6.45, 7) is 1.20. The van der Waals surface area contributed by atoms with E-state index in [0.29, 0.717) is 22.8 Å². The minimum atomic E-state index is -0.145. The SMILES string of the molecule is COc1ccc([C@@H]2CCC[NH+]2CC(=O)Nc2cc(Cl)ccc2C#N)c(OC)c1. The fourth-order valence-corrected chi connectivity index (χ4v) is 3.90. The summed E-state index contributed by atoms with van der Waals surface area (Å²) >= 11 is 6.00. The average molecular weight is 401 g/mol. The predicted octanol–water partition coefficient (Wildman–Crippen LogP) is 2.59. The molecule has 1 aliphatic rings. The molecular weight excluding hydrogens is 378 g/mol. The maximum Gasteiger partial charge on any atom is 0.279 e. The van der Waals surface area contributed by atoms with E-state index >= 15 is 0 Å². The Morgan fingerprint density at radius 3 is 2.82 bits per heavy atom. The van der Waals surface area contributed by atoms with Gasteiger partial charge in [-0.25, -0.2) is 0 Å². The molecule has 0 aromatic heterocycles. The highest BCUT2D eigenvalue weighted by molar-refractivity contribution is 6.31. The average Bonchev–Trinajstić information content (AvgIpc) is 3.15. The molecule has 7 heteroatoms. The second kappa shape index (κ2) is 8.96. The van der Waals surface area contributed by atoms with Gasteiger partial charge < -0.3 is 19.7 Å². The number of quaternary nitrogens is 1. The number of ether oxygens (including phenoxy) is 2. The molecule has 1 fully saturated rings. The monoisotopic (exact) mass is 400 g/mol. The second-order valence-corrected chi connectivity index (χ2v) is 7.17. The first kappa shape index (κ1) is 20.0. The zero-order chi connectivity index (χ0) is 20.1. The number of hydrogen-bond donors (Lipinski definition) is 2. The van der Waals surface area contributed by atoms with Crippen LogP contribution in [0.1, 0.15) is 30.0 Å². The van der Waals surface area contributed by atoms with Crippen molar-refractivity contribution in [1.82, 2.24) is 0 Å². The molecule has 0 saturated carbocycles. The van der Waals surface area contributed by atoms with Crippen LogP contribution in [0.5, 0.6) is 11.5 Å². The molecular formula is C21H23ClN3O3+. The molecule has 0 bridgehead atoms. The van der Waals surface area contributed by atoms with Gasteiger partial charge >= 0.3 is 0 Å². The van der Waals surface area contributed by atoms with E-state index in [4.69, 9.17) is 21.1 Å². The van der Waals surface area contributed by atoms with Crippen molar-refractivity contribution in [2.24, 2.45) is 0 Å². The summed E-state index contributed by atoms with van der Waals surface area (Å²) in [5.41, 5.74) is 1.91. The molecule has 2 aromatic carbocycles. The summed E-state index contributed by atoms with van der Waals surface area (Å²) in [6, 6.07) is 12.9. The van der Waals surface area contributed by atoms with E-state index in [-0.39, 0.29) is 11.9 Å². The Kier molecular flexibility index (Phi) is 6.40. The number of carbonyl (C=O) groups excluding carboxylic acids is 1. The van der Waals surface area contributed by atoms with E-state index in [0.717, 1.165) is 36.4 Å². The molecule has 2 N–H and O–H groups in total. The van der Waals surface area contributed by atoms with Crippen molar-refractivity contribution in [2.45, 2.75) is 18.9 Å². The molecule has 1 unspecified atom stereocenters. The first-order valence-corrected chi connectivity index (χ1v) is 9.49. The molecule has 28 heavy (non-hydrogen) atoms. The van der Waals surface area contributed by atoms with Crippen LogP contribution in [0.2, 0.25) is 5.02 Å². The van der Waals surface area contributed by atoms with Crippen LogP contribution in [0, 0.1) is 11.3 Å². The summed E-state index contributed by atoms with van der Waals surface area (Å²) in [4.78, 5) is 13.8. The lowest BCUT2D eigenvalue weighted by molar-refractivity contribution is -0.910. The Bertz CT molecular complexity index is 910. The van der Waals surface area contributed by atoms with E-state index < -0.39 is 0 Å².